The van der Waals surface area contributed by atoms with E-state index in [1.165, 1.54) is 5.56 Å². The molecule has 0 saturated carbocycles. The van der Waals surface area contributed by atoms with Crippen LogP contribution in [0.3, 0.4) is 0 Å². The Morgan fingerprint density at radius 2 is 1.75 bits per heavy atom. The predicted molar refractivity (Wildman–Crippen MR) is 80.5 cm³/mol. The fraction of sp³-hybridized carbons (Fsp3) is 0.235. The van der Waals surface area contributed by atoms with Crippen molar-refractivity contribution in [2.45, 2.75) is 26.0 Å². The lowest BCUT2D eigenvalue weighted by Gasteiger charge is -2.12. The van der Waals surface area contributed by atoms with Gasteiger partial charge in [0.2, 0.25) is 0 Å². The van der Waals surface area contributed by atoms with Gasteiger partial charge in [0.05, 0.1) is 11.0 Å². The van der Waals surface area contributed by atoms with Gasteiger partial charge >= 0.3 is 0 Å². The number of imidazole rings is 1. The van der Waals surface area contributed by atoms with E-state index in [-0.39, 0.29) is 0 Å². The van der Waals surface area contributed by atoms with Gasteiger partial charge in [0.1, 0.15) is 11.9 Å². The summed E-state index contributed by atoms with van der Waals surface area (Å²) in [6, 6.07) is 18.3. The standard InChI is InChI=1S/C17H18N2O/c1-2-16(20)17-18-14-10-6-7-11-15(14)19(17)12-13-8-4-3-5-9-13/h3-11,16,20H,2,12H2,1H3/t16-/m0/s1. The Hall–Kier alpha value is -2.13. The number of rotatable bonds is 4. The molecule has 2 aromatic carbocycles. The van der Waals surface area contributed by atoms with Gasteiger partial charge in [0, 0.05) is 6.54 Å². The van der Waals surface area contributed by atoms with Crippen molar-refractivity contribution in [3.05, 3.63) is 66.0 Å². The van der Waals surface area contributed by atoms with Crippen LogP contribution in [0.4, 0.5) is 0 Å². The molecule has 0 spiro atoms. The zero-order valence-corrected chi connectivity index (χ0v) is 11.5. The van der Waals surface area contributed by atoms with Gasteiger partial charge in [-0.25, -0.2) is 4.98 Å². The van der Waals surface area contributed by atoms with Gasteiger partial charge in [-0.05, 0) is 24.1 Å². The fourth-order valence-corrected chi connectivity index (χ4v) is 2.46. The summed E-state index contributed by atoms with van der Waals surface area (Å²) in [4.78, 5) is 4.59. The Balaban J connectivity index is 2.11. The van der Waals surface area contributed by atoms with Crippen LogP contribution in [0, 0.1) is 0 Å². The third-order valence-electron chi connectivity index (χ3n) is 3.55. The maximum Gasteiger partial charge on any atom is 0.139 e. The number of benzene rings is 2. The van der Waals surface area contributed by atoms with Crippen LogP contribution in [0.2, 0.25) is 0 Å². The normalized spacial score (nSPS) is 12.7. The smallest absolute Gasteiger partial charge is 0.139 e. The summed E-state index contributed by atoms with van der Waals surface area (Å²) in [6.45, 7) is 2.70. The number of nitrogens with zero attached hydrogens (tertiary/aromatic N) is 2. The maximum absolute atomic E-state index is 10.2. The highest BCUT2D eigenvalue weighted by Crippen LogP contribution is 2.23. The Morgan fingerprint density at radius 3 is 2.50 bits per heavy atom. The Bertz CT molecular complexity index is 703. The molecule has 0 bridgehead atoms. The molecule has 0 fully saturated rings. The molecule has 0 amide bonds. The SMILES string of the molecule is CC[C@H](O)c1nc2ccccc2n1Cc1ccccc1. The van der Waals surface area contributed by atoms with Crippen LogP contribution < -0.4 is 0 Å². The van der Waals surface area contributed by atoms with Crippen molar-refractivity contribution in [2.24, 2.45) is 0 Å². The van der Waals surface area contributed by atoms with Gasteiger partial charge in [-0.1, -0.05) is 49.4 Å². The first-order chi connectivity index (χ1) is 9.79. The number of hydrogen-bond donors (Lipinski definition) is 1. The van der Waals surface area contributed by atoms with Gasteiger partial charge in [-0.2, -0.15) is 0 Å². The van der Waals surface area contributed by atoms with Crippen LogP contribution in [0.15, 0.2) is 54.6 Å². The highest BCUT2D eigenvalue weighted by Gasteiger charge is 2.16. The zero-order chi connectivity index (χ0) is 13.9. The van der Waals surface area contributed by atoms with E-state index in [2.05, 4.69) is 27.8 Å². The summed E-state index contributed by atoms with van der Waals surface area (Å²) in [7, 11) is 0. The molecule has 102 valence electrons. The van der Waals surface area contributed by atoms with Crippen LogP contribution in [0.1, 0.15) is 30.8 Å². The zero-order valence-electron chi connectivity index (χ0n) is 11.5. The van der Waals surface area contributed by atoms with Crippen molar-refractivity contribution in [1.29, 1.82) is 0 Å². The molecule has 1 atom stereocenters. The van der Waals surface area contributed by atoms with Crippen molar-refractivity contribution >= 4 is 11.0 Å². The molecule has 3 rings (SSSR count). The minimum atomic E-state index is -0.522. The summed E-state index contributed by atoms with van der Waals surface area (Å²) in [6.07, 6.45) is 0.143. The molecule has 1 N–H and O–H groups in total. The van der Waals surface area contributed by atoms with Crippen LogP contribution in [0.25, 0.3) is 11.0 Å². The second-order valence-electron chi connectivity index (χ2n) is 4.95. The Labute approximate surface area is 118 Å². The van der Waals surface area contributed by atoms with Gasteiger partial charge in [-0.3, -0.25) is 0 Å². The molecule has 0 aliphatic carbocycles. The highest BCUT2D eigenvalue weighted by molar-refractivity contribution is 5.76. The molecular formula is C17H18N2O. The summed E-state index contributed by atoms with van der Waals surface area (Å²) in [5, 5.41) is 10.2. The van der Waals surface area contributed by atoms with E-state index in [0.29, 0.717) is 6.42 Å². The Morgan fingerprint density at radius 1 is 1.05 bits per heavy atom. The Kier molecular flexibility index (Phi) is 3.52. The molecule has 0 aliphatic rings. The van der Waals surface area contributed by atoms with Gasteiger partial charge in [0.25, 0.3) is 0 Å². The first kappa shape index (κ1) is 12.9. The lowest BCUT2D eigenvalue weighted by molar-refractivity contribution is 0.160. The summed E-state index contributed by atoms with van der Waals surface area (Å²) in [5.41, 5.74) is 3.21. The molecule has 3 heteroatoms. The van der Waals surface area contributed by atoms with E-state index in [9.17, 15) is 5.11 Å². The number of fused-ring (bicyclic) bond motifs is 1. The molecule has 1 heterocycles. The molecule has 0 saturated heterocycles. The van der Waals surface area contributed by atoms with Crippen molar-refractivity contribution in [2.75, 3.05) is 0 Å². The minimum absolute atomic E-state index is 0.522. The first-order valence-corrected chi connectivity index (χ1v) is 6.96. The molecule has 0 radical (unpaired) electrons. The summed E-state index contributed by atoms with van der Waals surface area (Å²) in [5.74, 6) is 0.748. The fourth-order valence-electron chi connectivity index (χ4n) is 2.46. The monoisotopic (exact) mass is 266 g/mol. The first-order valence-electron chi connectivity index (χ1n) is 6.96. The van der Waals surface area contributed by atoms with E-state index >= 15 is 0 Å². The van der Waals surface area contributed by atoms with Crippen molar-refractivity contribution in [1.82, 2.24) is 9.55 Å². The summed E-state index contributed by atoms with van der Waals surface area (Å²) < 4.78 is 2.11. The third-order valence-corrected chi connectivity index (χ3v) is 3.55. The van der Waals surface area contributed by atoms with Crippen LogP contribution >= 0.6 is 0 Å². The lowest BCUT2D eigenvalue weighted by atomic mass is 10.2. The quantitative estimate of drug-likeness (QED) is 0.784. The maximum atomic E-state index is 10.2. The van der Waals surface area contributed by atoms with E-state index < -0.39 is 6.10 Å². The topological polar surface area (TPSA) is 38.1 Å². The van der Waals surface area contributed by atoms with Crippen LogP contribution in [-0.2, 0) is 6.54 Å². The van der Waals surface area contributed by atoms with Crippen molar-refractivity contribution < 1.29 is 5.11 Å². The molecular weight excluding hydrogens is 248 g/mol. The van der Waals surface area contributed by atoms with E-state index in [1.807, 2.05) is 43.3 Å². The van der Waals surface area contributed by atoms with Gasteiger partial charge in [-0.15, -0.1) is 0 Å². The average Bonchev–Trinajstić information content (AvgIpc) is 2.86. The summed E-state index contributed by atoms with van der Waals surface area (Å²) >= 11 is 0. The van der Waals surface area contributed by atoms with Crippen molar-refractivity contribution in [3.63, 3.8) is 0 Å². The van der Waals surface area contributed by atoms with Gasteiger partial charge in [0.15, 0.2) is 0 Å². The molecule has 1 aromatic heterocycles. The minimum Gasteiger partial charge on any atom is -0.385 e. The van der Waals surface area contributed by atoms with E-state index in [0.717, 1.165) is 23.4 Å². The number of aliphatic hydroxyl groups is 1. The highest BCUT2D eigenvalue weighted by atomic mass is 16.3. The van der Waals surface area contributed by atoms with E-state index in [1.54, 1.807) is 0 Å². The van der Waals surface area contributed by atoms with Gasteiger partial charge < -0.3 is 9.67 Å². The van der Waals surface area contributed by atoms with Crippen molar-refractivity contribution in [3.8, 4) is 0 Å². The largest absolute Gasteiger partial charge is 0.385 e. The number of hydrogen-bond acceptors (Lipinski definition) is 2. The molecule has 0 unspecified atom stereocenters. The number of aliphatic hydroxyl groups excluding tert-OH is 1. The molecule has 0 aliphatic heterocycles. The number of aromatic nitrogens is 2. The van der Waals surface area contributed by atoms with Crippen LogP contribution in [-0.4, -0.2) is 14.7 Å². The average molecular weight is 266 g/mol. The van der Waals surface area contributed by atoms with Crippen LogP contribution in [0.5, 0.6) is 0 Å². The third kappa shape index (κ3) is 2.32. The number of para-hydroxylation sites is 2. The second-order valence-corrected chi connectivity index (χ2v) is 4.95. The molecule has 3 aromatic rings. The molecule has 3 nitrogen and oxygen atoms in total. The second kappa shape index (κ2) is 5.47. The predicted octanol–water partition coefficient (Wildman–Crippen LogP) is 3.53. The molecule has 20 heavy (non-hydrogen) atoms. The van der Waals surface area contributed by atoms with E-state index in [4.69, 9.17) is 0 Å². The lowest BCUT2D eigenvalue weighted by Crippen LogP contribution is -2.09.